The van der Waals surface area contributed by atoms with Crippen LogP contribution in [0, 0.1) is 5.92 Å². The predicted molar refractivity (Wildman–Crippen MR) is 78.6 cm³/mol. The topological polar surface area (TPSA) is 33.5 Å². The molecule has 0 radical (unpaired) electrons. The number of rotatable bonds is 3. The molecule has 1 unspecified atom stereocenters. The van der Waals surface area contributed by atoms with Gasteiger partial charge in [0.25, 0.3) is 5.91 Å². The van der Waals surface area contributed by atoms with Gasteiger partial charge < -0.3 is 9.32 Å². The summed E-state index contributed by atoms with van der Waals surface area (Å²) < 4.78 is 5.45. The number of carbonyl (C=O) groups is 1. The molecule has 1 aliphatic rings. The van der Waals surface area contributed by atoms with Crippen molar-refractivity contribution in [3.8, 4) is 0 Å². The number of amides is 1. The maximum absolute atomic E-state index is 12.5. The largest absolute Gasteiger partial charge is 0.463 e. The van der Waals surface area contributed by atoms with Crippen molar-refractivity contribution in [3.05, 3.63) is 36.1 Å². The minimum absolute atomic E-state index is 0.0991. The molecule has 1 saturated heterocycles. The Kier molecular flexibility index (Phi) is 3.60. The van der Waals surface area contributed by atoms with Crippen molar-refractivity contribution in [2.45, 2.75) is 12.8 Å². The van der Waals surface area contributed by atoms with E-state index < -0.39 is 0 Å². The van der Waals surface area contributed by atoms with E-state index in [-0.39, 0.29) is 5.91 Å². The van der Waals surface area contributed by atoms with Crippen LogP contribution in [0.5, 0.6) is 0 Å². The molecule has 2 heterocycles. The second-order valence-electron chi connectivity index (χ2n) is 5.03. The fourth-order valence-corrected chi connectivity index (χ4v) is 3.37. The van der Waals surface area contributed by atoms with Gasteiger partial charge in [0.15, 0.2) is 0 Å². The summed E-state index contributed by atoms with van der Waals surface area (Å²) >= 11 is 3.47. The molecule has 1 aliphatic heterocycles. The number of hydrogen-bond acceptors (Lipinski definition) is 2. The van der Waals surface area contributed by atoms with Crippen LogP contribution in [0.2, 0.25) is 0 Å². The fraction of sp³-hybridized carbons (Fsp3) is 0.400. The number of hydrogen-bond donors (Lipinski definition) is 0. The molecule has 0 aliphatic carbocycles. The smallest absolute Gasteiger partial charge is 0.257 e. The Bertz CT molecular complexity index is 593. The molecule has 100 valence electrons. The number of likely N-dealkylation sites (tertiary alicyclic amines) is 1. The number of benzene rings is 1. The molecule has 2 aromatic rings. The van der Waals surface area contributed by atoms with Crippen molar-refractivity contribution >= 4 is 32.8 Å². The van der Waals surface area contributed by atoms with Crippen LogP contribution < -0.4 is 0 Å². The van der Waals surface area contributed by atoms with E-state index in [1.165, 1.54) is 0 Å². The second-order valence-corrected chi connectivity index (χ2v) is 5.82. The number of carbonyl (C=O) groups excluding carboxylic acids is 1. The van der Waals surface area contributed by atoms with Crippen molar-refractivity contribution in [1.29, 1.82) is 0 Å². The first-order valence-electron chi connectivity index (χ1n) is 6.61. The zero-order valence-corrected chi connectivity index (χ0v) is 12.2. The van der Waals surface area contributed by atoms with Gasteiger partial charge in [-0.2, -0.15) is 0 Å². The van der Waals surface area contributed by atoms with Gasteiger partial charge >= 0.3 is 0 Å². The lowest BCUT2D eigenvalue weighted by Crippen LogP contribution is -2.28. The van der Waals surface area contributed by atoms with Gasteiger partial charge in [-0.05, 0) is 24.8 Å². The quantitative estimate of drug-likeness (QED) is 0.808. The molecule has 4 heteroatoms. The van der Waals surface area contributed by atoms with Gasteiger partial charge in [-0.1, -0.05) is 34.1 Å². The van der Waals surface area contributed by atoms with Gasteiger partial charge in [0.1, 0.15) is 11.8 Å². The summed E-state index contributed by atoms with van der Waals surface area (Å²) in [5.74, 6) is 0.725. The third-order valence-corrected chi connectivity index (χ3v) is 4.26. The number of halogens is 1. The second kappa shape index (κ2) is 5.37. The van der Waals surface area contributed by atoms with Gasteiger partial charge in [0.05, 0.1) is 5.56 Å². The van der Waals surface area contributed by atoms with Gasteiger partial charge in [-0.25, -0.2) is 0 Å². The highest BCUT2D eigenvalue weighted by Crippen LogP contribution is 2.26. The van der Waals surface area contributed by atoms with E-state index in [1.54, 1.807) is 6.26 Å². The highest BCUT2D eigenvalue weighted by molar-refractivity contribution is 9.09. The van der Waals surface area contributed by atoms with Gasteiger partial charge in [-0.15, -0.1) is 0 Å². The lowest BCUT2D eigenvalue weighted by Gasteiger charge is -2.15. The molecule has 0 saturated carbocycles. The van der Waals surface area contributed by atoms with E-state index in [4.69, 9.17) is 4.42 Å². The number of fused-ring (bicyclic) bond motifs is 1. The van der Waals surface area contributed by atoms with Crippen LogP contribution in [0.25, 0.3) is 11.0 Å². The molecule has 1 atom stereocenters. The van der Waals surface area contributed by atoms with Crippen molar-refractivity contribution in [1.82, 2.24) is 4.90 Å². The fourth-order valence-electron chi connectivity index (χ4n) is 2.72. The Balaban J connectivity index is 1.81. The van der Waals surface area contributed by atoms with Gasteiger partial charge in [0.2, 0.25) is 0 Å². The molecule has 0 bridgehead atoms. The van der Waals surface area contributed by atoms with E-state index in [0.29, 0.717) is 11.5 Å². The summed E-state index contributed by atoms with van der Waals surface area (Å²) in [6.45, 7) is 1.72. The first-order valence-corrected chi connectivity index (χ1v) is 7.73. The Hall–Kier alpha value is -1.29. The Morgan fingerprint density at radius 2 is 2.26 bits per heavy atom. The monoisotopic (exact) mass is 321 g/mol. The molecule has 1 fully saturated rings. The average Bonchev–Trinajstić information content (AvgIpc) is 3.05. The Morgan fingerprint density at radius 1 is 1.42 bits per heavy atom. The van der Waals surface area contributed by atoms with E-state index in [1.807, 2.05) is 29.2 Å². The summed E-state index contributed by atoms with van der Waals surface area (Å²) in [6, 6.07) is 7.69. The molecule has 3 nitrogen and oxygen atoms in total. The number of alkyl halides is 1. The van der Waals surface area contributed by atoms with Crippen LogP contribution in [-0.4, -0.2) is 29.2 Å². The lowest BCUT2D eigenvalue weighted by molar-refractivity contribution is 0.0788. The number of furan rings is 1. The van der Waals surface area contributed by atoms with Gasteiger partial charge in [-0.3, -0.25) is 4.79 Å². The maximum Gasteiger partial charge on any atom is 0.257 e. The molecular formula is C15H16BrNO2. The van der Waals surface area contributed by atoms with Gasteiger partial charge in [0, 0.05) is 23.8 Å². The lowest BCUT2D eigenvalue weighted by atomic mass is 10.1. The highest BCUT2D eigenvalue weighted by Gasteiger charge is 2.28. The molecule has 1 aromatic carbocycles. The molecule has 1 aromatic heterocycles. The van der Waals surface area contributed by atoms with Crippen LogP contribution in [0.15, 0.2) is 34.9 Å². The minimum atomic E-state index is 0.0991. The first kappa shape index (κ1) is 12.7. The van der Waals surface area contributed by atoms with Crippen molar-refractivity contribution in [3.63, 3.8) is 0 Å². The van der Waals surface area contributed by atoms with E-state index in [9.17, 15) is 4.79 Å². The molecule has 0 spiro atoms. The molecule has 0 N–H and O–H groups in total. The third-order valence-electron chi connectivity index (χ3n) is 3.80. The third kappa shape index (κ3) is 2.41. The SMILES string of the molecule is O=C(c1coc2ccccc12)N1CCC(CCBr)C1. The summed E-state index contributed by atoms with van der Waals surface area (Å²) in [5.41, 5.74) is 1.47. The van der Waals surface area contributed by atoms with Crippen LogP contribution in [0.4, 0.5) is 0 Å². The molecule has 1 amide bonds. The summed E-state index contributed by atoms with van der Waals surface area (Å²) in [7, 11) is 0. The van der Waals surface area contributed by atoms with E-state index >= 15 is 0 Å². The van der Waals surface area contributed by atoms with Crippen LogP contribution in [0.3, 0.4) is 0 Å². The Morgan fingerprint density at radius 3 is 3.11 bits per heavy atom. The molecular weight excluding hydrogens is 306 g/mol. The van der Waals surface area contributed by atoms with Crippen molar-refractivity contribution in [2.75, 3.05) is 18.4 Å². The van der Waals surface area contributed by atoms with Crippen LogP contribution in [-0.2, 0) is 0 Å². The number of para-hydroxylation sites is 1. The average molecular weight is 322 g/mol. The summed E-state index contributed by atoms with van der Waals surface area (Å²) in [6.07, 6.45) is 3.83. The normalized spacial score (nSPS) is 19.2. The zero-order valence-electron chi connectivity index (χ0n) is 10.6. The predicted octanol–water partition coefficient (Wildman–Crippen LogP) is 3.68. The van der Waals surface area contributed by atoms with Crippen molar-refractivity contribution < 1.29 is 9.21 Å². The summed E-state index contributed by atoms with van der Waals surface area (Å²) in [5, 5.41) is 1.92. The first-order chi connectivity index (χ1) is 9.29. The standard InChI is InChI=1S/C15H16BrNO2/c16-7-5-11-6-8-17(9-11)15(18)13-10-19-14-4-2-1-3-12(13)14/h1-4,10-11H,5-9H2. The van der Waals surface area contributed by atoms with E-state index in [0.717, 1.165) is 42.2 Å². The molecule has 3 rings (SSSR count). The van der Waals surface area contributed by atoms with E-state index in [2.05, 4.69) is 15.9 Å². The highest BCUT2D eigenvalue weighted by atomic mass is 79.9. The number of nitrogens with zero attached hydrogens (tertiary/aromatic N) is 1. The molecule has 19 heavy (non-hydrogen) atoms. The van der Waals surface area contributed by atoms with Crippen LogP contribution in [0.1, 0.15) is 23.2 Å². The van der Waals surface area contributed by atoms with Crippen molar-refractivity contribution in [2.24, 2.45) is 5.92 Å². The Labute approximate surface area is 120 Å². The zero-order chi connectivity index (χ0) is 13.2. The summed E-state index contributed by atoms with van der Waals surface area (Å²) in [4.78, 5) is 14.5. The van der Waals surface area contributed by atoms with Crippen LogP contribution >= 0.6 is 15.9 Å². The minimum Gasteiger partial charge on any atom is -0.463 e. The maximum atomic E-state index is 12.5.